The number of hydrogen-bond acceptors (Lipinski definition) is 6. The summed E-state index contributed by atoms with van der Waals surface area (Å²) in [6.45, 7) is 0.556. The Morgan fingerprint density at radius 1 is 1.35 bits per heavy atom. The normalized spacial score (nSPS) is 24.1. The van der Waals surface area contributed by atoms with Crippen molar-refractivity contribution in [2.45, 2.75) is 24.9 Å². The lowest BCUT2D eigenvalue weighted by Crippen LogP contribution is -2.22. The Kier molecular flexibility index (Phi) is 4.36. The summed E-state index contributed by atoms with van der Waals surface area (Å²) < 4.78 is 2.88. The number of aromatic nitrogens is 5. The Labute approximate surface area is 138 Å². The molecule has 0 aliphatic heterocycles. The molecule has 1 fully saturated rings. The van der Waals surface area contributed by atoms with Crippen LogP contribution in [0.1, 0.15) is 24.6 Å². The van der Waals surface area contributed by atoms with Gasteiger partial charge in [-0.25, -0.2) is 19.4 Å². The van der Waals surface area contributed by atoms with Crippen LogP contribution < -0.4 is 11.0 Å². The molecule has 0 unspecified atom stereocenters. The molecule has 3 atom stereocenters. The molecule has 2 heterocycles. The van der Waals surface area contributed by atoms with Gasteiger partial charge in [-0.05, 0) is 12.8 Å². The summed E-state index contributed by atoms with van der Waals surface area (Å²) >= 11 is 5.75. The van der Waals surface area contributed by atoms with Crippen LogP contribution in [0.15, 0.2) is 17.2 Å². The molecule has 2 aromatic rings. The fourth-order valence-electron chi connectivity index (χ4n) is 3.09. The van der Waals surface area contributed by atoms with Gasteiger partial charge >= 0.3 is 5.69 Å². The van der Waals surface area contributed by atoms with E-state index in [1.807, 2.05) is 0 Å². The minimum atomic E-state index is -0.447. The van der Waals surface area contributed by atoms with Gasteiger partial charge in [-0.15, -0.1) is 0 Å². The SMILES string of the molecule is Cn1nc([C@H]2C[C@H](CNc3ncc(Cl)cn3)[C@H](O)C2)n(C)c1=O. The van der Waals surface area contributed by atoms with Crippen LogP contribution in [-0.2, 0) is 14.1 Å². The molecule has 2 N–H and O–H groups in total. The first kappa shape index (κ1) is 15.9. The molecule has 0 amide bonds. The molecule has 8 nitrogen and oxygen atoms in total. The zero-order valence-electron chi connectivity index (χ0n) is 13.0. The van der Waals surface area contributed by atoms with Crippen LogP contribution in [0.4, 0.5) is 5.95 Å². The molecule has 1 saturated carbocycles. The molecule has 0 spiro atoms. The summed E-state index contributed by atoms with van der Waals surface area (Å²) in [5.74, 6) is 1.33. The monoisotopic (exact) mass is 338 g/mol. The number of nitrogens with one attached hydrogen (secondary N) is 1. The van der Waals surface area contributed by atoms with E-state index < -0.39 is 6.10 Å². The van der Waals surface area contributed by atoms with Crippen LogP contribution >= 0.6 is 11.6 Å². The topological polar surface area (TPSA) is 97.9 Å². The smallest absolute Gasteiger partial charge is 0.345 e. The van der Waals surface area contributed by atoms with E-state index in [0.29, 0.717) is 23.9 Å². The van der Waals surface area contributed by atoms with Crippen molar-refractivity contribution in [2.24, 2.45) is 20.0 Å². The molecule has 0 aromatic carbocycles. The molecular weight excluding hydrogens is 320 g/mol. The van der Waals surface area contributed by atoms with Crippen LogP contribution in [0.5, 0.6) is 0 Å². The summed E-state index contributed by atoms with van der Waals surface area (Å²) in [6.07, 6.45) is 3.95. The summed E-state index contributed by atoms with van der Waals surface area (Å²) in [4.78, 5) is 20.0. The molecule has 0 bridgehead atoms. The molecule has 0 saturated heterocycles. The van der Waals surface area contributed by atoms with Crippen molar-refractivity contribution in [3.63, 3.8) is 0 Å². The van der Waals surface area contributed by atoms with Crippen LogP contribution in [0, 0.1) is 5.92 Å². The number of aryl methyl sites for hydroxylation is 1. The number of halogens is 1. The number of aliphatic hydroxyl groups is 1. The Morgan fingerprint density at radius 3 is 2.65 bits per heavy atom. The minimum absolute atomic E-state index is 0.0522. The molecule has 1 aliphatic carbocycles. The van der Waals surface area contributed by atoms with Crippen LogP contribution in [0.25, 0.3) is 0 Å². The highest BCUT2D eigenvalue weighted by Crippen LogP contribution is 2.37. The predicted molar refractivity (Wildman–Crippen MR) is 85.5 cm³/mol. The molecule has 0 radical (unpaired) electrons. The first-order valence-electron chi connectivity index (χ1n) is 7.45. The second-order valence-electron chi connectivity index (χ2n) is 5.92. The third-order valence-electron chi connectivity index (χ3n) is 4.33. The lowest BCUT2D eigenvalue weighted by Gasteiger charge is -2.14. The molecule has 9 heteroatoms. The largest absolute Gasteiger partial charge is 0.393 e. The highest BCUT2D eigenvalue weighted by molar-refractivity contribution is 6.30. The van der Waals surface area contributed by atoms with Gasteiger partial charge in [0.1, 0.15) is 5.82 Å². The fraction of sp³-hybridized carbons (Fsp3) is 0.571. The van der Waals surface area contributed by atoms with E-state index >= 15 is 0 Å². The average molecular weight is 339 g/mol. The van der Waals surface area contributed by atoms with Crippen molar-refractivity contribution in [1.82, 2.24) is 24.3 Å². The lowest BCUT2D eigenvalue weighted by molar-refractivity contribution is 0.137. The third-order valence-corrected chi connectivity index (χ3v) is 4.52. The van der Waals surface area contributed by atoms with E-state index in [1.165, 1.54) is 17.1 Å². The first-order chi connectivity index (χ1) is 11.0. The van der Waals surface area contributed by atoms with E-state index in [0.717, 1.165) is 12.2 Å². The van der Waals surface area contributed by atoms with Crippen molar-refractivity contribution < 1.29 is 5.11 Å². The van der Waals surface area contributed by atoms with E-state index in [9.17, 15) is 9.90 Å². The first-order valence-corrected chi connectivity index (χ1v) is 7.83. The Balaban J connectivity index is 1.65. The van der Waals surface area contributed by atoms with Gasteiger partial charge in [0.2, 0.25) is 5.95 Å². The molecule has 2 aromatic heterocycles. The quantitative estimate of drug-likeness (QED) is 0.844. The van der Waals surface area contributed by atoms with Crippen LogP contribution in [-0.4, -0.2) is 42.1 Å². The number of hydrogen-bond donors (Lipinski definition) is 2. The Bertz CT molecular complexity index is 741. The van der Waals surface area contributed by atoms with Gasteiger partial charge in [0.25, 0.3) is 0 Å². The average Bonchev–Trinajstić information content (AvgIpc) is 3.02. The zero-order valence-corrected chi connectivity index (χ0v) is 13.7. The van der Waals surface area contributed by atoms with E-state index in [1.54, 1.807) is 18.7 Å². The Morgan fingerprint density at radius 2 is 2.04 bits per heavy atom. The summed E-state index contributed by atoms with van der Waals surface area (Å²) in [5, 5.41) is 18.2. The second-order valence-corrected chi connectivity index (χ2v) is 6.36. The van der Waals surface area contributed by atoms with Crippen molar-refractivity contribution in [3.05, 3.63) is 33.7 Å². The Hall–Kier alpha value is -1.93. The number of rotatable bonds is 4. The predicted octanol–water partition coefficient (Wildman–Crippen LogP) is 0.529. The number of anilines is 1. The maximum atomic E-state index is 11.8. The highest BCUT2D eigenvalue weighted by atomic mass is 35.5. The van der Waals surface area contributed by atoms with Crippen molar-refractivity contribution in [3.8, 4) is 0 Å². The maximum Gasteiger partial charge on any atom is 0.345 e. The van der Waals surface area contributed by atoms with Gasteiger partial charge in [-0.1, -0.05) is 11.6 Å². The maximum absolute atomic E-state index is 11.8. The summed E-state index contributed by atoms with van der Waals surface area (Å²) in [6, 6.07) is 0. The highest BCUT2D eigenvalue weighted by Gasteiger charge is 2.36. The van der Waals surface area contributed by atoms with E-state index in [-0.39, 0.29) is 17.5 Å². The van der Waals surface area contributed by atoms with Crippen molar-refractivity contribution in [1.29, 1.82) is 0 Å². The lowest BCUT2D eigenvalue weighted by atomic mass is 10.0. The molecule has 3 rings (SSSR count). The molecule has 1 aliphatic rings. The van der Waals surface area contributed by atoms with E-state index in [4.69, 9.17) is 11.6 Å². The minimum Gasteiger partial charge on any atom is -0.393 e. The van der Waals surface area contributed by atoms with Gasteiger partial charge < -0.3 is 10.4 Å². The third kappa shape index (κ3) is 3.23. The number of aliphatic hydroxyl groups excluding tert-OH is 1. The van der Waals surface area contributed by atoms with Crippen molar-refractivity contribution >= 4 is 17.5 Å². The van der Waals surface area contributed by atoms with Gasteiger partial charge in [-0.3, -0.25) is 4.57 Å². The van der Waals surface area contributed by atoms with Gasteiger partial charge in [-0.2, -0.15) is 5.10 Å². The fourth-order valence-corrected chi connectivity index (χ4v) is 3.19. The molecule has 124 valence electrons. The number of nitrogens with zero attached hydrogens (tertiary/aromatic N) is 5. The van der Waals surface area contributed by atoms with Gasteiger partial charge in [0.15, 0.2) is 0 Å². The van der Waals surface area contributed by atoms with Crippen molar-refractivity contribution in [2.75, 3.05) is 11.9 Å². The summed E-state index contributed by atoms with van der Waals surface area (Å²) in [7, 11) is 3.35. The van der Waals surface area contributed by atoms with Gasteiger partial charge in [0.05, 0.1) is 23.5 Å². The van der Waals surface area contributed by atoms with E-state index in [2.05, 4.69) is 20.4 Å². The zero-order chi connectivity index (χ0) is 16.6. The van der Waals surface area contributed by atoms with Crippen LogP contribution in [0.2, 0.25) is 5.02 Å². The molecular formula is C14H19ClN6O2. The standard InChI is InChI=1S/C14H19ClN6O2/c1-20-12(19-21(2)14(20)23)8-3-9(11(22)4-8)5-16-13-17-6-10(15)7-18-13/h6-9,11,22H,3-5H2,1-2H3,(H,16,17,18)/t8-,9+,11+/m0/s1. The van der Waals surface area contributed by atoms with Crippen LogP contribution in [0.3, 0.4) is 0 Å². The molecule has 23 heavy (non-hydrogen) atoms. The summed E-state index contributed by atoms with van der Waals surface area (Å²) in [5.41, 5.74) is -0.148. The second kappa shape index (κ2) is 6.29. The van der Waals surface area contributed by atoms with Gasteiger partial charge in [0, 0.05) is 32.5 Å².